The minimum Gasteiger partial charge on any atom is -0.467 e. The van der Waals surface area contributed by atoms with Gasteiger partial charge in [0.15, 0.2) is 0 Å². The minimum atomic E-state index is -0.106. The number of piperazine rings is 1. The molecule has 0 aliphatic carbocycles. The molecule has 20 heavy (non-hydrogen) atoms. The third kappa shape index (κ3) is 4.06. The predicted molar refractivity (Wildman–Crippen MR) is 77.1 cm³/mol. The van der Waals surface area contributed by atoms with Crippen LogP contribution in [0.5, 0.6) is 0 Å². The molecule has 0 saturated carbocycles. The van der Waals surface area contributed by atoms with Crippen molar-refractivity contribution in [1.29, 1.82) is 0 Å². The summed E-state index contributed by atoms with van der Waals surface area (Å²) in [6.07, 6.45) is 1.61. The molecule has 3 N–H and O–H groups in total. The number of nitrogens with one attached hydrogen (secondary N) is 1. The second-order valence-corrected chi connectivity index (χ2v) is 5.14. The van der Waals surface area contributed by atoms with Gasteiger partial charge < -0.3 is 15.5 Å². The summed E-state index contributed by atoms with van der Waals surface area (Å²) in [7, 11) is 0. The number of furan rings is 1. The summed E-state index contributed by atoms with van der Waals surface area (Å²) >= 11 is 0. The first-order valence-electron chi connectivity index (χ1n) is 7.17. The van der Waals surface area contributed by atoms with Crippen molar-refractivity contribution < 1.29 is 9.21 Å². The lowest BCUT2D eigenvalue weighted by Crippen LogP contribution is -2.54. The summed E-state index contributed by atoms with van der Waals surface area (Å²) in [5.74, 6) is 0.826. The van der Waals surface area contributed by atoms with Gasteiger partial charge in [-0.1, -0.05) is 0 Å². The van der Waals surface area contributed by atoms with Gasteiger partial charge in [0, 0.05) is 39.3 Å². The SMILES string of the molecule is CC(C(=O)NCc1ccco1)N1CCN(CCN)CC1. The Morgan fingerprint density at radius 1 is 1.45 bits per heavy atom. The zero-order valence-electron chi connectivity index (χ0n) is 12.0. The van der Waals surface area contributed by atoms with Gasteiger partial charge in [0.05, 0.1) is 18.8 Å². The number of nitrogens with zero attached hydrogens (tertiary/aromatic N) is 2. The molecule has 0 bridgehead atoms. The van der Waals surface area contributed by atoms with Crippen LogP contribution in [0.25, 0.3) is 0 Å². The average Bonchev–Trinajstić information content (AvgIpc) is 2.98. The quantitative estimate of drug-likeness (QED) is 0.759. The first kappa shape index (κ1) is 15.0. The topological polar surface area (TPSA) is 74.7 Å². The maximum absolute atomic E-state index is 12.1. The highest BCUT2D eigenvalue weighted by Crippen LogP contribution is 2.07. The highest BCUT2D eigenvalue weighted by molar-refractivity contribution is 5.81. The number of carbonyl (C=O) groups is 1. The van der Waals surface area contributed by atoms with Crippen molar-refractivity contribution in [3.63, 3.8) is 0 Å². The smallest absolute Gasteiger partial charge is 0.237 e. The molecule has 1 fully saturated rings. The van der Waals surface area contributed by atoms with E-state index in [2.05, 4.69) is 15.1 Å². The minimum absolute atomic E-state index is 0.0497. The molecule has 0 spiro atoms. The lowest BCUT2D eigenvalue weighted by Gasteiger charge is -2.37. The molecule has 112 valence electrons. The Morgan fingerprint density at radius 2 is 2.20 bits per heavy atom. The van der Waals surface area contributed by atoms with E-state index in [-0.39, 0.29) is 11.9 Å². The van der Waals surface area contributed by atoms with Crippen LogP contribution in [0, 0.1) is 0 Å². The van der Waals surface area contributed by atoms with Crippen LogP contribution in [0.15, 0.2) is 22.8 Å². The normalized spacial score (nSPS) is 18.9. The summed E-state index contributed by atoms with van der Waals surface area (Å²) in [6, 6.07) is 3.57. The molecular weight excluding hydrogens is 256 g/mol. The van der Waals surface area contributed by atoms with Crippen LogP contribution in [-0.2, 0) is 11.3 Å². The number of hydrogen-bond donors (Lipinski definition) is 2. The third-order valence-electron chi connectivity index (χ3n) is 3.80. The van der Waals surface area contributed by atoms with Gasteiger partial charge in [0.25, 0.3) is 0 Å². The maximum Gasteiger partial charge on any atom is 0.237 e. The fraction of sp³-hybridized carbons (Fsp3) is 0.643. The Labute approximate surface area is 119 Å². The van der Waals surface area contributed by atoms with Crippen LogP contribution >= 0.6 is 0 Å². The Balaban J connectivity index is 1.73. The van der Waals surface area contributed by atoms with Gasteiger partial charge >= 0.3 is 0 Å². The van der Waals surface area contributed by atoms with E-state index in [1.54, 1.807) is 6.26 Å². The average molecular weight is 280 g/mol. The van der Waals surface area contributed by atoms with Crippen LogP contribution in [0.4, 0.5) is 0 Å². The summed E-state index contributed by atoms with van der Waals surface area (Å²) in [5, 5.41) is 2.91. The molecule has 1 aromatic heterocycles. The van der Waals surface area contributed by atoms with Crippen molar-refractivity contribution in [3.8, 4) is 0 Å². The van der Waals surface area contributed by atoms with Gasteiger partial charge in [0.2, 0.25) is 5.91 Å². The molecule has 1 aliphatic rings. The van der Waals surface area contributed by atoms with Gasteiger partial charge in [0.1, 0.15) is 5.76 Å². The summed E-state index contributed by atoms with van der Waals surface area (Å²) in [6.45, 7) is 7.82. The molecule has 6 heteroatoms. The van der Waals surface area contributed by atoms with E-state index in [9.17, 15) is 4.79 Å². The van der Waals surface area contributed by atoms with E-state index in [4.69, 9.17) is 10.2 Å². The van der Waals surface area contributed by atoms with E-state index in [1.165, 1.54) is 0 Å². The molecule has 1 atom stereocenters. The van der Waals surface area contributed by atoms with Crippen molar-refractivity contribution >= 4 is 5.91 Å². The molecule has 1 amide bonds. The molecule has 2 rings (SSSR count). The first-order valence-corrected chi connectivity index (χ1v) is 7.17. The lowest BCUT2D eigenvalue weighted by atomic mass is 10.2. The zero-order valence-corrected chi connectivity index (χ0v) is 12.0. The summed E-state index contributed by atoms with van der Waals surface area (Å²) in [4.78, 5) is 16.7. The van der Waals surface area contributed by atoms with Crippen LogP contribution in [-0.4, -0.2) is 61.0 Å². The lowest BCUT2D eigenvalue weighted by molar-refractivity contribution is -0.126. The molecule has 1 unspecified atom stereocenters. The van der Waals surface area contributed by atoms with Gasteiger partial charge in [-0.25, -0.2) is 0 Å². The summed E-state index contributed by atoms with van der Waals surface area (Å²) in [5.41, 5.74) is 5.56. The van der Waals surface area contributed by atoms with Crippen molar-refractivity contribution in [2.75, 3.05) is 39.3 Å². The van der Waals surface area contributed by atoms with E-state index < -0.39 is 0 Å². The van der Waals surface area contributed by atoms with Gasteiger partial charge in [-0.2, -0.15) is 0 Å². The second kappa shape index (κ2) is 7.42. The number of amides is 1. The summed E-state index contributed by atoms with van der Waals surface area (Å²) < 4.78 is 5.20. The highest BCUT2D eigenvalue weighted by atomic mass is 16.3. The molecule has 0 radical (unpaired) electrons. The Hall–Kier alpha value is -1.37. The Morgan fingerprint density at radius 3 is 2.80 bits per heavy atom. The zero-order chi connectivity index (χ0) is 14.4. The molecule has 1 aromatic rings. The Bertz CT molecular complexity index is 399. The van der Waals surface area contributed by atoms with E-state index in [1.807, 2.05) is 19.1 Å². The first-order chi connectivity index (χ1) is 9.70. The van der Waals surface area contributed by atoms with E-state index in [0.29, 0.717) is 13.1 Å². The number of hydrogen-bond acceptors (Lipinski definition) is 5. The monoisotopic (exact) mass is 280 g/mol. The third-order valence-corrected chi connectivity index (χ3v) is 3.80. The standard InChI is InChI=1S/C14H24N4O2/c1-12(14(19)16-11-13-3-2-10-20-13)18-8-6-17(5-4-15)7-9-18/h2-3,10,12H,4-9,11,15H2,1H3,(H,16,19). The fourth-order valence-electron chi connectivity index (χ4n) is 2.46. The van der Waals surface area contributed by atoms with Crippen LogP contribution in [0.1, 0.15) is 12.7 Å². The van der Waals surface area contributed by atoms with E-state index in [0.717, 1.165) is 38.5 Å². The van der Waals surface area contributed by atoms with Gasteiger partial charge in [-0.15, -0.1) is 0 Å². The van der Waals surface area contributed by atoms with Crippen molar-refractivity contribution in [1.82, 2.24) is 15.1 Å². The predicted octanol–water partition coefficient (Wildman–Crippen LogP) is -0.139. The van der Waals surface area contributed by atoms with Crippen molar-refractivity contribution in [2.24, 2.45) is 5.73 Å². The fourth-order valence-corrected chi connectivity index (χ4v) is 2.46. The molecule has 0 aromatic carbocycles. The van der Waals surface area contributed by atoms with Crippen molar-refractivity contribution in [3.05, 3.63) is 24.2 Å². The van der Waals surface area contributed by atoms with E-state index >= 15 is 0 Å². The number of nitrogens with two attached hydrogens (primary N) is 1. The van der Waals surface area contributed by atoms with Gasteiger partial charge in [-0.3, -0.25) is 14.6 Å². The molecule has 1 saturated heterocycles. The maximum atomic E-state index is 12.1. The molecule has 6 nitrogen and oxygen atoms in total. The van der Waals surface area contributed by atoms with Crippen LogP contribution < -0.4 is 11.1 Å². The van der Waals surface area contributed by atoms with Gasteiger partial charge in [-0.05, 0) is 19.1 Å². The molecule has 1 aliphatic heterocycles. The molecule has 2 heterocycles. The largest absolute Gasteiger partial charge is 0.467 e. The number of rotatable bonds is 6. The Kier molecular flexibility index (Phi) is 5.58. The van der Waals surface area contributed by atoms with Crippen LogP contribution in [0.3, 0.4) is 0 Å². The number of carbonyl (C=O) groups excluding carboxylic acids is 1. The second-order valence-electron chi connectivity index (χ2n) is 5.14. The van der Waals surface area contributed by atoms with Crippen molar-refractivity contribution in [2.45, 2.75) is 19.5 Å². The molecular formula is C14H24N4O2. The van der Waals surface area contributed by atoms with Crippen LogP contribution in [0.2, 0.25) is 0 Å². The highest BCUT2D eigenvalue weighted by Gasteiger charge is 2.25.